The first kappa shape index (κ1) is 20.6. The zero-order valence-corrected chi connectivity index (χ0v) is 16.3. The maximum atomic E-state index is 12.8. The third kappa shape index (κ3) is 4.63. The molecular weight excluding hydrogens is 392 g/mol. The minimum absolute atomic E-state index is 0.0278. The van der Waals surface area contributed by atoms with Gasteiger partial charge in [-0.15, -0.1) is 0 Å². The summed E-state index contributed by atoms with van der Waals surface area (Å²) in [6.45, 7) is 2.01. The zero-order chi connectivity index (χ0) is 21.7. The van der Waals surface area contributed by atoms with E-state index in [1.54, 1.807) is 24.3 Å². The molecule has 3 rings (SSSR count). The Bertz CT molecular complexity index is 1090. The van der Waals surface area contributed by atoms with Crippen molar-refractivity contribution >= 4 is 29.2 Å². The molecule has 2 heterocycles. The van der Waals surface area contributed by atoms with Gasteiger partial charge < -0.3 is 20.5 Å². The predicted octanol–water partition coefficient (Wildman–Crippen LogP) is 1.70. The number of aromatic nitrogens is 4. The van der Waals surface area contributed by atoms with Gasteiger partial charge in [-0.25, -0.2) is 4.79 Å². The van der Waals surface area contributed by atoms with E-state index in [0.29, 0.717) is 18.0 Å². The molecule has 0 aliphatic heterocycles. The quantitative estimate of drug-likeness (QED) is 0.511. The van der Waals surface area contributed by atoms with Crippen LogP contribution in [0, 0.1) is 0 Å². The fourth-order valence-electron chi connectivity index (χ4n) is 2.74. The van der Waals surface area contributed by atoms with Crippen molar-refractivity contribution in [3.8, 4) is 5.75 Å². The number of aryl methyl sites for hydroxylation is 1. The summed E-state index contributed by atoms with van der Waals surface area (Å²) in [6.07, 6.45) is 3.78. The molecule has 2 aromatic heterocycles. The Morgan fingerprint density at radius 3 is 2.63 bits per heavy atom. The number of anilines is 2. The Kier molecular flexibility index (Phi) is 6.11. The van der Waals surface area contributed by atoms with Gasteiger partial charge in [-0.05, 0) is 19.1 Å². The summed E-state index contributed by atoms with van der Waals surface area (Å²) in [5, 5.41) is 22.3. The monoisotopic (exact) mass is 412 g/mol. The second kappa shape index (κ2) is 8.90. The third-order valence-corrected chi connectivity index (χ3v) is 4.14. The summed E-state index contributed by atoms with van der Waals surface area (Å²) in [4.78, 5) is 36.1. The van der Waals surface area contributed by atoms with Crippen molar-refractivity contribution in [3.63, 3.8) is 0 Å². The van der Waals surface area contributed by atoms with E-state index in [9.17, 15) is 14.4 Å². The molecule has 0 fully saturated rings. The highest BCUT2D eigenvalue weighted by Crippen LogP contribution is 2.20. The van der Waals surface area contributed by atoms with E-state index >= 15 is 0 Å². The van der Waals surface area contributed by atoms with Gasteiger partial charge in [-0.2, -0.15) is 10.2 Å². The van der Waals surface area contributed by atoms with Gasteiger partial charge in [0, 0.05) is 24.5 Å². The highest BCUT2D eigenvalue weighted by atomic mass is 16.5. The van der Waals surface area contributed by atoms with Crippen molar-refractivity contribution in [2.45, 2.75) is 20.0 Å². The first-order chi connectivity index (χ1) is 14.4. The Morgan fingerprint density at radius 1 is 1.17 bits per heavy atom. The van der Waals surface area contributed by atoms with Gasteiger partial charge in [0.2, 0.25) is 5.91 Å². The molecule has 1 aromatic carbocycles. The number of carboxylic acids is 1. The minimum atomic E-state index is -1.14. The van der Waals surface area contributed by atoms with Gasteiger partial charge in [0.25, 0.3) is 5.91 Å². The number of benzene rings is 1. The second-order valence-electron chi connectivity index (χ2n) is 6.19. The lowest BCUT2D eigenvalue weighted by atomic mass is 10.2. The summed E-state index contributed by atoms with van der Waals surface area (Å²) in [6, 6.07) is 6.87. The molecule has 0 aliphatic rings. The van der Waals surface area contributed by atoms with Crippen LogP contribution in [-0.2, 0) is 17.9 Å². The van der Waals surface area contributed by atoms with Gasteiger partial charge >= 0.3 is 5.97 Å². The molecule has 11 nitrogen and oxygen atoms in total. The Balaban J connectivity index is 1.75. The second-order valence-corrected chi connectivity index (χ2v) is 6.19. The van der Waals surface area contributed by atoms with Crippen LogP contribution in [-0.4, -0.2) is 49.6 Å². The van der Waals surface area contributed by atoms with E-state index in [1.807, 2.05) is 6.92 Å². The normalized spacial score (nSPS) is 10.5. The maximum Gasteiger partial charge on any atom is 0.338 e. The first-order valence-corrected chi connectivity index (χ1v) is 8.98. The number of carboxylic acid groups (broad SMARTS) is 1. The number of rotatable bonds is 8. The Labute approximate surface area is 171 Å². The van der Waals surface area contributed by atoms with Crippen LogP contribution >= 0.6 is 0 Å². The Hall–Kier alpha value is -4.15. The van der Waals surface area contributed by atoms with Crippen LogP contribution in [0.15, 0.2) is 42.9 Å². The van der Waals surface area contributed by atoms with Gasteiger partial charge in [0.1, 0.15) is 18.0 Å². The molecule has 156 valence electrons. The lowest BCUT2D eigenvalue weighted by molar-refractivity contribution is -0.116. The molecule has 0 radical (unpaired) electrons. The number of amides is 2. The summed E-state index contributed by atoms with van der Waals surface area (Å²) in [5.41, 5.74) is 0.909. The van der Waals surface area contributed by atoms with Gasteiger partial charge in [0.15, 0.2) is 0 Å². The molecule has 0 unspecified atom stereocenters. The molecule has 0 bridgehead atoms. The lowest BCUT2D eigenvalue weighted by Crippen LogP contribution is -2.23. The molecule has 0 saturated heterocycles. The van der Waals surface area contributed by atoms with Crippen LogP contribution in [0.5, 0.6) is 5.75 Å². The van der Waals surface area contributed by atoms with Crippen LogP contribution in [0.1, 0.15) is 27.8 Å². The number of carbonyl (C=O) groups is 3. The van der Waals surface area contributed by atoms with Crippen molar-refractivity contribution in [3.05, 3.63) is 54.1 Å². The van der Waals surface area contributed by atoms with Crippen molar-refractivity contribution in [2.75, 3.05) is 17.7 Å². The molecular formula is C19H20N6O5. The topological polar surface area (TPSA) is 140 Å². The molecule has 0 saturated carbocycles. The first-order valence-electron chi connectivity index (χ1n) is 8.98. The highest BCUT2D eigenvalue weighted by Gasteiger charge is 2.20. The van der Waals surface area contributed by atoms with Crippen LogP contribution in [0.25, 0.3) is 0 Å². The summed E-state index contributed by atoms with van der Waals surface area (Å²) < 4.78 is 7.80. The molecule has 0 atom stereocenters. The molecule has 0 aliphatic carbocycles. The number of methoxy groups -OCH3 is 1. The Morgan fingerprint density at radius 2 is 1.97 bits per heavy atom. The standard InChI is InChI=1S/C19H20N6O5/c1-3-25-17(18(27)22-13-5-4-6-14(7-13)30-2)15(9-21-25)23-16(26)11-24-10-12(8-20-24)19(28)29/h4-10H,3,11H2,1-2H3,(H,22,27)(H,23,26)(H,28,29). The lowest BCUT2D eigenvalue weighted by Gasteiger charge is -2.11. The van der Waals surface area contributed by atoms with E-state index in [4.69, 9.17) is 9.84 Å². The van der Waals surface area contributed by atoms with Crippen LogP contribution in [0.3, 0.4) is 0 Å². The average Bonchev–Trinajstić information content (AvgIpc) is 3.35. The summed E-state index contributed by atoms with van der Waals surface area (Å²) >= 11 is 0. The summed E-state index contributed by atoms with van der Waals surface area (Å²) in [5.74, 6) is -1.49. The molecule has 3 N–H and O–H groups in total. The van der Waals surface area contributed by atoms with Crippen molar-refractivity contribution in [1.29, 1.82) is 0 Å². The van der Waals surface area contributed by atoms with E-state index < -0.39 is 17.8 Å². The highest BCUT2D eigenvalue weighted by molar-refractivity contribution is 6.09. The number of hydrogen-bond donors (Lipinski definition) is 3. The molecule has 3 aromatic rings. The molecule has 0 spiro atoms. The zero-order valence-electron chi connectivity index (χ0n) is 16.3. The maximum absolute atomic E-state index is 12.8. The fraction of sp³-hybridized carbons (Fsp3) is 0.211. The van der Waals surface area contributed by atoms with Gasteiger partial charge in [-0.3, -0.25) is 19.0 Å². The van der Waals surface area contributed by atoms with E-state index in [-0.39, 0.29) is 23.5 Å². The SMILES string of the molecule is CCn1ncc(NC(=O)Cn2cc(C(=O)O)cn2)c1C(=O)Nc1cccc(OC)c1. The number of nitrogens with one attached hydrogen (secondary N) is 2. The number of aromatic carboxylic acids is 1. The van der Waals surface area contributed by atoms with E-state index in [2.05, 4.69) is 20.8 Å². The molecule has 11 heteroatoms. The van der Waals surface area contributed by atoms with Crippen molar-refractivity contribution < 1.29 is 24.2 Å². The number of nitrogens with zero attached hydrogens (tertiary/aromatic N) is 4. The van der Waals surface area contributed by atoms with E-state index in [1.165, 1.54) is 28.9 Å². The van der Waals surface area contributed by atoms with Crippen LogP contribution < -0.4 is 15.4 Å². The van der Waals surface area contributed by atoms with Crippen molar-refractivity contribution in [2.24, 2.45) is 0 Å². The number of carbonyl (C=O) groups excluding carboxylic acids is 2. The number of hydrogen-bond acceptors (Lipinski definition) is 6. The third-order valence-electron chi connectivity index (χ3n) is 4.14. The van der Waals surface area contributed by atoms with Crippen LogP contribution in [0.2, 0.25) is 0 Å². The largest absolute Gasteiger partial charge is 0.497 e. The minimum Gasteiger partial charge on any atom is -0.497 e. The molecule has 2 amide bonds. The predicted molar refractivity (Wildman–Crippen MR) is 107 cm³/mol. The summed E-state index contributed by atoms with van der Waals surface area (Å²) in [7, 11) is 1.53. The van der Waals surface area contributed by atoms with Crippen molar-refractivity contribution in [1.82, 2.24) is 19.6 Å². The fourth-order valence-corrected chi connectivity index (χ4v) is 2.74. The van der Waals surface area contributed by atoms with E-state index in [0.717, 1.165) is 6.20 Å². The smallest absolute Gasteiger partial charge is 0.338 e. The van der Waals surface area contributed by atoms with Crippen LogP contribution in [0.4, 0.5) is 11.4 Å². The average molecular weight is 412 g/mol. The van der Waals surface area contributed by atoms with Gasteiger partial charge in [0.05, 0.1) is 30.8 Å². The van der Waals surface area contributed by atoms with Gasteiger partial charge in [-0.1, -0.05) is 6.07 Å². The molecule has 30 heavy (non-hydrogen) atoms. The number of ether oxygens (including phenoxy) is 1.